The molecule has 1 amide bonds. The minimum Gasteiger partial charge on any atom is -0.364 e. The number of benzene rings is 1. The lowest BCUT2D eigenvalue weighted by molar-refractivity contribution is 0.0658. The molecular formula is C26H31N5O2. The summed E-state index contributed by atoms with van der Waals surface area (Å²) in [4.78, 5) is 36.7. The largest absolute Gasteiger partial charge is 0.364 e. The molecule has 172 valence electrons. The van der Waals surface area contributed by atoms with Crippen LogP contribution in [0.15, 0.2) is 41.3 Å². The Morgan fingerprint density at radius 1 is 1.15 bits per heavy atom. The fraction of sp³-hybridized carbons (Fsp3) is 0.423. The van der Waals surface area contributed by atoms with Gasteiger partial charge in [-0.15, -0.1) is 0 Å². The molecule has 1 aliphatic heterocycles. The number of aryl methyl sites for hydroxylation is 2. The smallest absolute Gasteiger partial charge is 0.269 e. The van der Waals surface area contributed by atoms with Crippen molar-refractivity contribution in [2.75, 3.05) is 25.0 Å². The first-order valence-electron chi connectivity index (χ1n) is 11.8. The topological polar surface area (TPSA) is 81.3 Å². The Balaban J connectivity index is 1.34. The Bertz CT molecular complexity index is 1250. The highest BCUT2D eigenvalue weighted by Crippen LogP contribution is 2.37. The van der Waals surface area contributed by atoms with Crippen LogP contribution in [0, 0.1) is 6.92 Å². The number of hydrogen-bond donors (Lipinski definition) is 2. The summed E-state index contributed by atoms with van der Waals surface area (Å²) in [5.41, 5.74) is 5.79. The zero-order valence-corrected chi connectivity index (χ0v) is 19.5. The van der Waals surface area contributed by atoms with E-state index >= 15 is 0 Å². The molecular weight excluding hydrogens is 414 g/mol. The van der Waals surface area contributed by atoms with Crippen LogP contribution < -0.4 is 15.8 Å². The molecule has 7 heteroatoms. The third-order valence-electron chi connectivity index (χ3n) is 7.46. The summed E-state index contributed by atoms with van der Waals surface area (Å²) >= 11 is 0. The predicted octanol–water partition coefficient (Wildman–Crippen LogP) is 3.01. The van der Waals surface area contributed by atoms with Crippen LogP contribution in [0.3, 0.4) is 0 Å². The number of carbonyl (C=O) groups excluding carboxylic acids is 1. The van der Waals surface area contributed by atoms with Crippen LogP contribution in [-0.4, -0.2) is 53.0 Å². The lowest BCUT2D eigenvalue weighted by Crippen LogP contribution is -2.64. The van der Waals surface area contributed by atoms with Crippen LogP contribution >= 0.6 is 0 Å². The van der Waals surface area contributed by atoms with Gasteiger partial charge in [0.2, 0.25) is 0 Å². The molecule has 1 saturated heterocycles. The molecule has 2 atom stereocenters. The number of carbonyl (C=O) groups is 1. The Hall–Kier alpha value is -3.19. The molecule has 2 N–H and O–H groups in total. The maximum Gasteiger partial charge on any atom is 0.269 e. The number of nitrogens with zero attached hydrogens (tertiary/aromatic N) is 3. The zero-order valence-electron chi connectivity index (χ0n) is 19.5. The Labute approximate surface area is 193 Å². The predicted molar refractivity (Wildman–Crippen MR) is 131 cm³/mol. The van der Waals surface area contributed by atoms with E-state index in [-0.39, 0.29) is 11.5 Å². The highest BCUT2D eigenvalue weighted by Gasteiger charge is 2.43. The van der Waals surface area contributed by atoms with Crippen LogP contribution in [-0.2, 0) is 13.0 Å². The molecule has 1 aliphatic carbocycles. The second-order valence-electron chi connectivity index (χ2n) is 9.15. The Kier molecular flexibility index (Phi) is 5.66. The SMILES string of the molecule is CCc1cc2ccc(CN3CCN(c4ccc(C(=O)NC)nc4)C4CCC43)c(C)c2[nH]c1=O. The van der Waals surface area contributed by atoms with Gasteiger partial charge in [-0.3, -0.25) is 14.5 Å². The van der Waals surface area contributed by atoms with Crippen LogP contribution in [0.2, 0.25) is 0 Å². The second kappa shape index (κ2) is 8.63. The fourth-order valence-corrected chi connectivity index (χ4v) is 5.32. The van der Waals surface area contributed by atoms with Gasteiger partial charge in [0, 0.05) is 44.3 Å². The van der Waals surface area contributed by atoms with E-state index in [9.17, 15) is 9.59 Å². The highest BCUT2D eigenvalue weighted by atomic mass is 16.1. The van der Waals surface area contributed by atoms with Gasteiger partial charge in [0.1, 0.15) is 5.69 Å². The lowest BCUT2D eigenvalue weighted by Gasteiger charge is -2.55. The molecule has 3 heterocycles. The molecule has 3 aromatic rings. The molecule has 1 aromatic carbocycles. The van der Waals surface area contributed by atoms with E-state index in [0.29, 0.717) is 17.8 Å². The molecule has 2 aliphatic rings. The number of pyridine rings is 2. The first-order chi connectivity index (χ1) is 16.0. The van der Waals surface area contributed by atoms with Gasteiger partial charge < -0.3 is 15.2 Å². The van der Waals surface area contributed by atoms with E-state index < -0.39 is 0 Å². The number of amides is 1. The third-order valence-corrected chi connectivity index (χ3v) is 7.46. The van der Waals surface area contributed by atoms with Crippen LogP contribution in [0.4, 0.5) is 5.69 Å². The van der Waals surface area contributed by atoms with Gasteiger partial charge in [0.05, 0.1) is 17.4 Å². The molecule has 5 rings (SSSR count). The molecule has 0 radical (unpaired) electrons. The number of rotatable bonds is 5. The first kappa shape index (κ1) is 21.6. The zero-order chi connectivity index (χ0) is 23.1. The molecule has 0 bridgehead atoms. The van der Waals surface area contributed by atoms with Crippen molar-refractivity contribution in [2.45, 2.75) is 51.7 Å². The average Bonchev–Trinajstić information content (AvgIpc) is 2.81. The van der Waals surface area contributed by atoms with E-state index in [0.717, 1.165) is 48.2 Å². The van der Waals surface area contributed by atoms with Gasteiger partial charge in [-0.25, -0.2) is 4.98 Å². The molecule has 33 heavy (non-hydrogen) atoms. The van der Waals surface area contributed by atoms with Crippen LogP contribution in [0.25, 0.3) is 10.9 Å². The monoisotopic (exact) mass is 445 g/mol. The number of aromatic nitrogens is 2. The van der Waals surface area contributed by atoms with Gasteiger partial charge in [0.25, 0.3) is 11.5 Å². The number of H-pyrrole nitrogens is 1. The Morgan fingerprint density at radius 3 is 2.64 bits per heavy atom. The molecule has 7 nitrogen and oxygen atoms in total. The van der Waals surface area contributed by atoms with E-state index in [1.165, 1.54) is 24.0 Å². The maximum absolute atomic E-state index is 12.4. The number of fused-ring (bicyclic) bond motifs is 2. The average molecular weight is 446 g/mol. The molecule has 0 spiro atoms. The molecule has 1 saturated carbocycles. The molecule has 2 aromatic heterocycles. The maximum atomic E-state index is 12.4. The van der Waals surface area contributed by atoms with Gasteiger partial charge in [-0.2, -0.15) is 0 Å². The van der Waals surface area contributed by atoms with Gasteiger partial charge >= 0.3 is 0 Å². The van der Waals surface area contributed by atoms with Crippen molar-refractivity contribution in [3.05, 3.63) is 69.3 Å². The normalized spacial score (nSPS) is 20.4. The van der Waals surface area contributed by atoms with Crippen molar-refractivity contribution in [1.82, 2.24) is 20.2 Å². The minimum absolute atomic E-state index is 0.0222. The number of nitrogens with one attached hydrogen (secondary N) is 2. The van der Waals surface area contributed by atoms with Gasteiger partial charge in [0.15, 0.2) is 0 Å². The van der Waals surface area contributed by atoms with Crippen molar-refractivity contribution in [3.8, 4) is 0 Å². The van der Waals surface area contributed by atoms with Gasteiger partial charge in [-0.1, -0.05) is 19.1 Å². The van der Waals surface area contributed by atoms with E-state index in [1.807, 2.05) is 25.3 Å². The van der Waals surface area contributed by atoms with Crippen molar-refractivity contribution in [2.24, 2.45) is 0 Å². The van der Waals surface area contributed by atoms with Crippen molar-refractivity contribution in [3.63, 3.8) is 0 Å². The van der Waals surface area contributed by atoms with E-state index in [1.54, 1.807) is 13.1 Å². The van der Waals surface area contributed by atoms with Crippen molar-refractivity contribution in [1.29, 1.82) is 0 Å². The summed E-state index contributed by atoms with van der Waals surface area (Å²) in [6, 6.07) is 11.2. The number of aromatic amines is 1. The van der Waals surface area contributed by atoms with E-state index in [2.05, 4.69) is 44.1 Å². The second-order valence-corrected chi connectivity index (χ2v) is 9.15. The lowest BCUT2D eigenvalue weighted by atomic mass is 9.81. The summed E-state index contributed by atoms with van der Waals surface area (Å²) in [5, 5.41) is 3.72. The number of anilines is 1. The van der Waals surface area contributed by atoms with Crippen molar-refractivity contribution >= 4 is 22.5 Å². The van der Waals surface area contributed by atoms with Crippen LogP contribution in [0.5, 0.6) is 0 Å². The first-order valence-corrected chi connectivity index (χ1v) is 11.8. The quantitative estimate of drug-likeness (QED) is 0.631. The summed E-state index contributed by atoms with van der Waals surface area (Å²) in [6.07, 6.45) is 4.92. The fourth-order valence-electron chi connectivity index (χ4n) is 5.32. The molecule has 2 fully saturated rings. The van der Waals surface area contributed by atoms with Crippen LogP contribution in [0.1, 0.15) is 46.9 Å². The van der Waals surface area contributed by atoms with Gasteiger partial charge in [-0.05, 0) is 60.9 Å². The van der Waals surface area contributed by atoms with E-state index in [4.69, 9.17) is 0 Å². The summed E-state index contributed by atoms with van der Waals surface area (Å²) in [5.74, 6) is -0.161. The number of hydrogen-bond acceptors (Lipinski definition) is 5. The Morgan fingerprint density at radius 2 is 1.97 bits per heavy atom. The standard InChI is InChI=1S/C26H31N5O2/c1-4-17-13-18-5-6-19(16(2)24(18)29-25(17)32)15-30-11-12-31(23-10-9-22(23)30)20-7-8-21(28-14-20)26(33)27-3/h5-8,13-14,22-23H,4,9-12,15H2,1-3H3,(H,27,33)(H,29,32). The summed E-state index contributed by atoms with van der Waals surface area (Å²) in [7, 11) is 1.62. The third kappa shape index (κ3) is 3.80. The minimum atomic E-state index is -0.161. The highest BCUT2D eigenvalue weighted by molar-refractivity contribution is 5.92. The van der Waals surface area contributed by atoms with Crippen molar-refractivity contribution < 1.29 is 4.79 Å². The summed E-state index contributed by atoms with van der Waals surface area (Å²) in [6.45, 7) is 6.93. The molecule has 2 unspecified atom stereocenters. The number of piperazine rings is 1. The summed E-state index contributed by atoms with van der Waals surface area (Å²) < 4.78 is 0.